The van der Waals surface area contributed by atoms with E-state index in [1.165, 1.54) is 5.56 Å². The van der Waals surface area contributed by atoms with Crippen LogP contribution >= 0.6 is 0 Å². The van der Waals surface area contributed by atoms with Gasteiger partial charge in [0.25, 0.3) is 0 Å². The summed E-state index contributed by atoms with van der Waals surface area (Å²) in [5.41, 5.74) is 0.764. The monoisotopic (exact) mass is 263 g/mol. The van der Waals surface area contributed by atoms with Gasteiger partial charge < -0.3 is 14.8 Å². The van der Waals surface area contributed by atoms with Gasteiger partial charge in [-0.05, 0) is 45.2 Å². The van der Waals surface area contributed by atoms with E-state index in [9.17, 15) is 4.79 Å². The highest BCUT2D eigenvalue weighted by Crippen LogP contribution is 2.26. The van der Waals surface area contributed by atoms with Crippen molar-refractivity contribution < 1.29 is 14.3 Å². The number of ether oxygens (including phenoxy) is 2. The lowest BCUT2D eigenvalue weighted by atomic mass is 10.0. The van der Waals surface area contributed by atoms with Crippen molar-refractivity contribution in [3.63, 3.8) is 0 Å². The summed E-state index contributed by atoms with van der Waals surface area (Å²) in [5.74, 6) is 0.921. The van der Waals surface area contributed by atoms with Crippen molar-refractivity contribution in [1.82, 2.24) is 5.32 Å². The number of benzene rings is 1. The topological polar surface area (TPSA) is 47.6 Å². The Kier molecular flexibility index (Phi) is 3.98. The highest BCUT2D eigenvalue weighted by atomic mass is 16.6. The van der Waals surface area contributed by atoms with Gasteiger partial charge >= 0.3 is 6.09 Å². The number of aryl methyl sites for hydroxylation is 1. The maximum atomic E-state index is 11.6. The van der Waals surface area contributed by atoms with E-state index < -0.39 is 11.7 Å². The minimum atomic E-state index is -0.468. The number of fused-ring (bicyclic) bond motifs is 1. The fourth-order valence-corrected chi connectivity index (χ4v) is 2.04. The van der Waals surface area contributed by atoms with Crippen molar-refractivity contribution in [1.29, 1.82) is 0 Å². The first-order chi connectivity index (χ1) is 8.94. The lowest BCUT2D eigenvalue weighted by molar-refractivity contribution is 0.0494. The minimum absolute atomic E-state index is 0.0161. The molecule has 1 aromatic rings. The normalized spacial score (nSPS) is 18.2. The first kappa shape index (κ1) is 13.7. The van der Waals surface area contributed by atoms with Crippen LogP contribution < -0.4 is 10.1 Å². The molecule has 2 rings (SSSR count). The second kappa shape index (κ2) is 5.51. The number of amides is 1. The molecule has 1 atom stereocenters. The average molecular weight is 263 g/mol. The van der Waals surface area contributed by atoms with Crippen LogP contribution in [-0.4, -0.2) is 24.3 Å². The van der Waals surface area contributed by atoms with Crippen LogP contribution in [0.3, 0.4) is 0 Å². The van der Waals surface area contributed by atoms with Gasteiger partial charge in [-0.2, -0.15) is 0 Å². The highest BCUT2D eigenvalue weighted by molar-refractivity contribution is 5.67. The van der Waals surface area contributed by atoms with Crippen molar-refractivity contribution in [2.75, 3.05) is 6.54 Å². The van der Waals surface area contributed by atoms with Gasteiger partial charge in [-0.25, -0.2) is 4.79 Å². The summed E-state index contributed by atoms with van der Waals surface area (Å²) in [6, 6.07) is 8.02. The van der Waals surface area contributed by atoms with Crippen molar-refractivity contribution in [3.05, 3.63) is 29.8 Å². The maximum Gasteiger partial charge on any atom is 0.407 e. The molecule has 0 saturated heterocycles. The number of carbonyl (C=O) groups excluding carboxylic acids is 1. The fourth-order valence-electron chi connectivity index (χ4n) is 2.04. The molecule has 0 bridgehead atoms. The first-order valence-electron chi connectivity index (χ1n) is 6.65. The molecule has 104 valence electrons. The van der Waals surface area contributed by atoms with Crippen LogP contribution in [0.15, 0.2) is 24.3 Å². The molecule has 0 radical (unpaired) electrons. The van der Waals surface area contributed by atoms with E-state index in [2.05, 4.69) is 11.4 Å². The van der Waals surface area contributed by atoms with Crippen LogP contribution in [-0.2, 0) is 11.2 Å². The molecule has 1 amide bonds. The fraction of sp³-hybridized carbons (Fsp3) is 0.533. The van der Waals surface area contributed by atoms with Gasteiger partial charge in [0.1, 0.15) is 17.5 Å². The summed E-state index contributed by atoms with van der Waals surface area (Å²) in [4.78, 5) is 11.6. The zero-order chi connectivity index (χ0) is 13.9. The number of carbonyl (C=O) groups is 1. The standard InChI is InChI=1S/C15H21NO3/c1-15(2,3)19-14(17)16-10-12-9-8-11-6-4-5-7-13(11)18-12/h4-7,12H,8-10H2,1-3H3,(H,16,17). The number of hydrogen-bond acceptors (Lipinski definition) is 3. The number of alkyl carbamates (subject to hydrolysis) is 1. The van der Waals surface area contributed by atoms with E-state index in [1.54, 1.807) is 0 Å². The second-order valence-corrected chi connectivity index (χ2v) is 5.77. The SMILES string of the molecule is CC(C)(C)OC(=O)NCC1CCc2ccccc2O1. The van der Waals surface area contributed by atoms with Crippen LogP contribution in [0.25, 0.3) is 0 Å². The molecule has 1 heterocycles. The third kappa shape index (κ3) is 4.16. The van der Waals surface area contributed by atoms with E-state index in [4.69, 9.17) is 9.47 Å². The molecule has 1 N–H and O–H groups in total. The van der Waals surface area contributed by atoms with Gasteiger partial charge in [0.05, 0.1) is 6.54 Å². The van der Waals surface area contributed by atoms with E-state index in [1.807, 2.05) is 39.0 Å². The minimum Gasteiger partial charge on any atom is -0.488 e. The number of nitrogens with one attached hydrogen (secondary N) is 1. The maximum absolute atomic E-state index is 11.6. The summed E-state index contributed by atoms with van der Waals surface area (Å²) in [6.45, 7) is 6.02. The van der Waals surface area contributed by atoms with Gasteiger partial charge in [-0.3, -0.25) is 0 Å². The Morgan fingerprint density at radius 2 is 2.16 bits per heavy atom. The predicted octanol–water partition coefficient (Wildman–Crippen LogP) is 2.90. The smallest absolute Gasteiger partial charge is 0.407 e. The Hall–Kier alpha value is -1.71. The second-order valence-electron chi connectivity index (χ2n) is 5.77. The van der Waals surface area contributed by atoms with Crippen molar-refractivity contribution >= 4 is 6.09 Å². The van der Waals surface area contributed by atoms with Crippen LogP contribution in [0, 0.1) is 0 Å². The molecule has 19 heavy (non-hydrogen) atoms. The molecule has 0 saturated carbocycles. The lowest BCUT2D eigenvalue weighted by Crippen LogP contribution is -2.40. The predicted molar refractivity (Wildman–Crippen MR) is 73.4 cm³/mol. The lowest BCUT2D eigenvalue weighted by Gasteiger charge is -2.27. The molecule has 1 aromatic carbocycles. The number of para-hydroxylation sites is 1. The Morgan fingerprint density at radius 1 is 1.42 bits per heavy atom. The van der Waals surface area contributed by atoms with Crippen LogP contribution in [0.1, 0.15) is 32.8 Å². The van der Waals surface area contributed by atoms with Gasteiger partial charge in [0, 0.05) is 0 Å². The van der Waals surface area contributed by atoms with Crippen LogP contribution in [0.4, 0.5) is 4.79 Å². The molecule has 4 heteroatoms. The summed E-state index contributed by atoms with van der Waals surface area (Å²) in [6.07, 6.45) is 1.52. The number of rotatable bonds is 2. The Morgan fingerprint density at radius 3 is 2.89 bits per heavy atom. The Bertz CT molecular complexity index is 451. The van der Waals surface area contributed by atoms with Gasteiger partial charge in [0.15, 0.2) is 0 Å². The Balaban J connectivity index is 1.81. The molecular formula is C15H21NO3. The molecule has 0 aliphatic carbocycles. The van der Waals surface area contributed by atoms with Crippen LogP contribution in [0.5, 0.6) is 5.75 Å². The first-order valence-corrected chi connectivity index (χ1v) is 6.65. The summed E-state index contributed by atoms with van der Waals surface area (Å²) < 4.78 is 11.0. The third-order valence-electron chi connectivity index (χ3n) is 2.87. The van der Waals surface area contributed by atoms with Crippen molar-refractivity contribution in [2.24, 2.45) is 0 Å². The molecule has 1 aliphatic rings. The van der Waals surface area contributed by atoms with Crippen molar-refractivity contribution in [3.8, 4) is 5.75 Å². The van der Waals surface area contributed by atoms with E-state index in [0.29, 0.717) is 6.54 Å². The molecule has 0 fully saturated rings. The van der Waals surface area contributed by atoms with Gasteiger partial charge in [0.2, 0.25) is 0 Å². The summed E-state index contributed by atoms with van der Waals surface area (Å²) in [5, 5.41) is 2.75. The van der Waals surface area contributed by atoms with Crippen LogP contribution in [0.2, 0.25) is 0 Å². The van der Waals surface area contributed by atoms with E-state index in [0.717, 1.165) is 18.6 Å². The third-order valence-corrected chi connectivity index (χ3v) is 2.87. The largest absolute Gasteiger partial charge is 0.488 e. The zero-order valence-corrected chi connectivity index (χ0v) is 11.7. The van der Waals surface area contributed by atoms with Gasteiger partial charge in [-0.1, -0.05) is 18.2 Å². The van der Waals surface area contributed by atoms with Gasteiger partial charge in [-0.15, -0.1) is 0 Å². The highest BCUT2D eigenvalue weighted by Gasteiger charge is 2.21. The quantitative estimate of drug-likeness (QED) is 0.892. The zero-order valence-electron chi connectivity index (χ0n) is 11.7. The number of hydrogen-bond donors (Lipinski definition) is 1. The Labute approximate surface area is 114 Å². The summed E-state index contributed by atoms with van der Waals surface area (Å²) in [7, 11) is 0. The van der Waals surface area contributed by atoms with E-state index in [-0.39, 0.29) is 6.10 Å². The van der Waals surface area contributed by atoms with E-state index >= 15 is 0 Å². The average Bonchev–Trinajstić information content (AvgIpc) is 2.34. The molecule has 1 unspecified atom stereocenters. The molecule has 0 aromatic heterocycles. The molecule has 1 aliphatic heterocycles. The molecule has 0 spiro atoms. The molecular weight excluding hydrogens is 242 g/mol. The summed E-state index contributed by atoms with van der Waals surface area (Å²) >= 11 is 0. The molecule has 4 nitrogen and oxygen atoms in total. The van der Waals surface area contributed by atoms with Crippen molar-refractivity contribution in [2.45, 2.75) is 45.3 Å².